The fourth-order valence-electron chi connectivity index (χ4n) is 1.65. The molecule has 0 atom stereocenters. The fourth-order valence-corrected chi connectivity index (χ4v) is 1.97. The number of alkyl halides is 1. The predicted octanol–water partition coefficient (Wildman–Crippen LogP) is 3.79. The number of halogens is 1. The molecular weight excluding hydrogens is 324 g/mol. The third-order valence-corrected chi connectivity index (χ3v) is 3.19. The third-order valence-electron chi connectivity index (χ3n) is 2.54. The molecule has 0 amide bonds. The van der Waals surface area contributed by atoms with Crippen molar-refractivity contribution in [2.24, 2.45) is 0 Å². The Morgan fingerprint density at radius 2 is 1.55 bits per heavy atom. The van der Waals surface area contributed by atoms with Crippen molar-refractivity contribution in [2.45, 2.75) is 31.7 Å². The van der Waals surface area contributed by atoms with E-state index in [-0.39, 0.29) is 5.60 Å². The summed E-state index contributed by atoms with van der Waals surface area (Å²) in [6.07, 6.45) is 0. The molecule has 1 rings (SSSR count). The summed E-state index contributed by atoms with van der Waals surface area (Å²) in [5.41, 5.74) is 0.897. The lowest BCUT2D eigenvalue weighted by atomic mass is 10.2. The maximum atomic E-state index is 5.75. The van der Waals surface area contributed by atoms with Crippen molar-refractivity contribution >= 4 is 15.9 Å². The van der Waals surface area contributed by atoms with E-state index in [9.17, 15) is 0 Å². The molecule has 0 bridgehead atoms. The van der Waals surface area contributed by atoms with E-state index in [0.717, 1.165) is 10.9 Å². The molecule has 0 fully saturated rings. The summed E-state index contributed by atoms with van der Waals surface area (Å²) in [5, 5.41) is 0.729. The minimum atomic E-state index is -0.169. The number of ether oxygens (including phenoxy) is 4. The van der Waals surface area contributed by atoms with E-state index in [1.165, 1.54) is 0 Å². The Bertz CT molecular complexity index is 401. The number of hydrogen-bond acceptors (Lipinski definition) is 4. The van der Waals surface area contributed by atoms with Crippen LogP contribution in [-0.2, 0) is 10.1 Å². The third kappa shape index (κ3) is 5.21. The Morgan fingerprint density at radius 3 is 1.95 bits per heavy atom. The molecule has 0 unspecified atom stereocenters. The van der Waals surface area contributed by atoms with Crippen LogP contribution in [0.2, 0.25) is 0 Å². The van der Waals surface area contributed by atoms with E-state index in [0.29, 0.717) is 30.5 Å². The lowest BCUT2D eigenvalue weighted by molar-refractivity contribution is -0.0167. The van der Waals surface area contributed by atoms with E-state index >= 15 is 0 Å². The first-order valence-electron chi connectivity index (χ1n) is 6.49. The van der Waals surface area contributed by atoms with Crippen molar-refractivity contribution in [3.63, 3.8) is 0 Å². The number of hydrogen-bond donors (Lipinski definition) is 0. The SMILES string of the molecule is COc1cc(CBr)cc(OC)c1OCCOC(C)(C)C. The molecule has 0 aromatic heterocycles. The number of rotatable bonds is 7. The Morgan fingerprint density at radius 1 is 1.00 bits per heavy atom. The van der Waals surface area contributed by atoms with Gasteiger partial charge in [0, 0.05) is 5.33 Å². The topological polar surface area (TPSA) is 36.9 Å². The predicted molar refractivity (Wildman–Crippen MR) is 83.4 cm³/mol. The quantitative estimate of drug-likeness (QED) is 0.555. The van der Waals surface area contributed by atoms with Gasteiger partial charge in [-0.1, -0.05) is 15.9 Å². The Labute approximate surface area is 129 Å². The van der Waals surface area contributed by atoms with Crippen molar-refractivity contribution in [1.29, 1.82) is 0 Å². The summed E-state index contributed by atoms with van der Waals surface area (Å²) < 4.78 is 22.1. The zero-order chi connectivity index (χ0) is 15.2. The van der Waals surface area contributed by atoms with Gasteiger partial charge in [0.1, 0.15) is 6.61 Å². The standard InChI is InChI=1S/C15H23BrO4/c1-15(2,3)20-7-6-19-14-12(17-4)8-11(10-16)9-13(14)18-5/h8-9H,6-7,10H2,1-5H3. The molecule has 0 radical (unpaired) electrons. The van der Waals surface area contributed by atoms with Crippen molar-refractivity contribution < 1.29 is 18.9 Å². The maximum absolute atomic E-state index is 5.75. The van der Waals surface area contributed by atoms with Gasteiger partial charge in [0.2, 0.25) is 5.75 Å². The second-order valence-electron chi connectivity index (χ2n) is 5.27. The Balaban J connectivity index is 2.77. The highest BCUT2D eigenvalue weighted by Crippen LogP contribution is 2.39. The van der Waals surface area contributed by atoms with Crippen LogP contribution in [-0.4, -0.2) is 33.0 Å². The minimum Gasteiger partial charge on any atom is -0.493 e. The lowest BCUT2D eigenvalue weighted by Gasteiger charge is -2.20. The maximum Gasteiger partial charge on any atom is 0.203 e. The minimum absolute atomic E-state index is 0.169. The second-order valence-corrected chi connectivity index (χ2v) is 5.83. The molecule has 1 aromatic rings. The largest absolute Gasteiger partial charge is 0.493 e. The highest BCUT2D eigenvalue weighted by atomic mass is 79.9. The van der Waals surface area contributed by atoms with E-state index in [1.54, 1.807) is 14.2 Å². The average molecular weight is 347 g/mol. The molecule has 0 N–H and O–H groups in total. The molecule has 0 aliphatic carbocycles. The smallest absolute Gasteiger partial charge is 0.203 e. The summed E-state index contributed by atoms with van der Waals surface area (Å²) in [6.45, 7) is 6.99. The molecule has 1 aromatic carbocycles. The molecule has 0 saturated heterocycles. The Hall–Kier alpha value is -0.940. The van der Waals surface area contributed by atoms with E-state index < -0.39 is 0 Å². The molecule has 0 heterocycles. The van der Waals surface area contributed by atoms with Gasteiger partial charge in [0.05, 0.1) is 26.4 Å². The number of methoxy groups -OCH3 is 2. The molecule has 5 heteroatoms. The van der Waals surface area contributed by atoms with Crippen LogP contribution in [0.4, 0.5) is 0 Å². The van der Waals surface area contributed by atoms with Crippen molar-refractivity contribution in [3.8, 4) is 17.2 Å². The first-order chi connectivity index (χ1) is 9.41. The molecule has 0 aliphatic rings. The van der Waals surface area contributed by atoms with Gasteiger partial charge in [0.15, 0.2) is 11.5 Å². The number of benzene rings is 1. The normalized spacial score (nSPS) is 11.3. The monoisotopic (exact) mass is 346 g/mol. The van der Waals surface area contributed by atoms with Crippen LogP contribution in [0.5, 0.6) is 17.2 Å². The molecule has 0 spiro atoms. The van der Waals surface area contributed by atoms with Gasteiger partial charge in [-0.15, -0.1) is 0 Å². The summed E-state index contributed by atoms with van der Waals surface area (Å²) >= 11 is 3.42. The first kappa shape index (κ1) is 17.1. The van der Waals surface area contributed by atoms with Crippen LogP contribution < -0.4 is 14.2 Å². The highest BCUT2D eigenvalue weighted by Gasteiger charge is 2.15. The summed E-state index contributed by atoms with van der Waals surface area (Å²) in [4.78, 5) is 0. The molecule has 0 aliphatic heterocycles. The highest BCUT2D eigenvalue weighted by molar-refractivity contribution is 9.08. The summed E-state index contributed by atoms with van der Waals surface area (Å²) in [7, 11) is 3.23. The molecule has 114 valence electrons. The summed E-state index contributed by atoms with van der Waals surface area (Å²) in [6, 6.07) is 3.86. The fraction of sp³-hybridized carbons (Fsp3) is 0.600. The van der Waals surface area contributed by atoms with Crippen LogP contribution in [0.3, 0.4) is 0 Å². The van der Waals surface area contributed by atoms with Crippen LogP contribution in [0.15, 0.2) is 12.1 Å². The van der Waals surface area contributed by atoms with Gasteiger partial charge in [-0.05, 0) is 38.5 Å². The van der Waals surface area contributed by atoms with E-state index in [1.807, 2.05) is 32.9 Å². The van der Waals surface area contributed by atoms with Gasteiger partial charge in [-0.2, -0.15) is 0 Å². The molecule has 0 saturated carbocycles. The summed E-state index contributed by atoms with van der Waals surface area (Å²) in [5.74, 6) is 1.93. The van der Waals surface area contributed by atoms with Gasteiger partial charge in [-0.25, -0.2) is 0 Å². The lowest BCUT2D eigenvalue weighted by Crippen LogP contribution is -2.22. The van der Waals surface area contributed by atoms with Crippen LogP contribution in [0.1, 0.15) is 26.3 Å². The first-order valence-corrected chi connectivity index (χ1v) is 7.61. The van der Waals surface area contributed by atoms with Crippen LogP contribution in [0, 0.1) is 0 Å². The molecular formula is C15H23BrO4. The molecule has 20 heavy (non-hydrogen) atoms. The average Bonchev–Trinajstić information content (AvgIpc) is 2.41. The second kappa shape index (κ2) is 7.74. The van der Waals surface area contributed by atoms with E-state index in [4.69, 9.17) is 18.9 Å². The zero-order valence-corrected chi connectivity index (χ0v) is 14.4. The van der Waals surface area contributed by atoms with Gasteiger partial charge in [-0.3, -0.25) is 0 Å². The molecule has 4 nitrogen and oxygen atoms in total. The van der Waals surface area contributed by atoms with E-state index in [2.05, 4.69) is 15.9 Å². The van der Waals surface area contributed by atoms with Gasteiger partial charge >= 0.3 is 0 Å². The van der Waals surface area contributed by atoms with Crippen molar-refractivity contribution in [1.82, 2.24) is 0 Å². The Kier molecular flexibility index (Phi) is 6.62. The van der Waals surface area contributed by atoms with Crippen molar-refractivity contribution in [2.75, 3.05) is 27.4 Å². The van der Waals surface area contributed by atoms with Crippen LogP contribution >= 0.6 is 15.9 Å². The zero-order valence-electron chi connectivity index (χ0n) is 12.8. The van der Waals surface area contributed by atoms with Gasteiger partial charge < -0.3 is 18.9 Å². The van der Waals surface area contributed by atoms with Crippen molar-refractivity contribution in [3.05, 3.63) is 17.7 Å². The van der Waals surface area contributed by atoms with Crippen LogP contribution in [0.25, 0.3) is 0 Å². The van der Waals surface area contributed by atoms with Gasteiger partial charge in [0.25, 0.3) is 0 Å².